The van der Waals surface area contributed by atoms with Crippen LogP contribution >= 0.6 is 23.1 Å². The van der Waals surface area contributed by atoms with Crippen molar-refractivity contribution in [1.29, 1.82) is 0 Å². The molecule has 1 aromatic carbocycles. The van der Waals surface area contributed by atoms with Gasteiger partial charge in [-0.25, -0.2) is 14.4 Å². The molecule has 3 aromatic rings. The highest BCUT2D eigenvalue weighted by Crippen LogP contribution is 2.41. The smallest absolute Gasteiger partial charge is 0.128 e. The molecule has 0 spiro atoms. The molecule has 0 saturated carbocycles. The maximum absolute atomic E-state index is 13.3. The molecule has 0 aliphatic carbocycles. The van der Waals surface area contributed by atoms with Gasteiger partial charge in [0.15, 0.2) is 0 Å². The molecule has 0 aliphatic heterocycles. The average molecular weight is 376 g/mol. The van der Waals surface area contributed by atoms with Crippen LogP contribution in [0.1, 0.15) is 18.7 Å². The van der Waals surface area contributed by atoms with E-state index in [1.165, 1.54) is 17.0 Å². The molecule has 0 aliphatic rings. The van der Waals surface area contributed by atoms with E-state index in [0.29, 0.717) is 0 Å². The molecule has 2 heterocycles. The number of hydrogen-bond acceptors (Lipinski definition) is 5. The summed E-state index contributed by atoms with van der Waals surface area (Å²) in [7, 11) is 0. The molecule has 3 nitrogen and oxygen atoms in total. The summed E-state index contributed by atoms with van der Waals surface area (Å²) in [5.74, 6) is 0.775. The summed E-state index contributed by atoms with van der Waals surface area (Å²) in [6.07, 6.45) is 1.65. The van der Waals surface area contributed by atoms with Gasteiger partial charge in [-0.1, -0.05) is 26.0 Å². The van der Waals surface area contributed by atoms with Gasteiger partial charge in [0.25, 0.3) is 0 Å². The van der Waals surface area contributed by atoms with E-state index in [-0.39, 0.29) is 5.82 Å². The molecule has 0 N–H and O–H groups in total. The second-order valence-electron chi connectivity index (χ2n) is 5.77. The Morgan fingerprint density at radius 3 is 2.52 bits per heavy atom. The molecule has 132 valence electrons. The third-order valence-corrected chi connectivity index (χ3v) is 6.29. The first-order valence-electron chi connectivity index (χ1n) is 8.49. The highest BCUT2D eigenvalue weighted by molar-refractivity contribution is 7.99. The zero-order valence-corrected chi connectivity index (χ0v) is 16.4. The lowest BCUT2D eigenvalue weighted by Gasteiger charge is -2.17. The first-order valence-corrected chi connectivity index (χ1v) is 10.3. The summed E-state index contributed by atoms with van der Waals surface area (Å²) < 4.78 is 13.3. The van der Waals surface area contributed by atoms with Gasteiger partial charge in [-0.05, 0) is 37.7 Å². The second-order valence-corrected chi connectivity index (χ2v) is 8.06. The number of hydrogen-bond donors (Lipinski definition) is 0. The Bertz CT molecular complexity index is 842. The molecular formula is C19H22FN3S2. The van der Waals surface area contributed by atoms with Crippen LogP contribution < -0.4 is 0 Å². The summed E-state index contributed by atoms with van der Waals surface area (Å²) in [5.41, 5.74) is 2.15. The normalized spacial score (nSPS) is 11.6. The van der Waals surface area contributed by atoms with E-state index < -0.39 is 0 Å². The van der Waals surface area contributed by atoms with Gasteiger partial charge in [0, 0.05) is 22.7 Å². The fraction of sp³-hybridized carbons (Fsp3) is 0.368. The predicted octanol–water partition coefficient (Wildman–Crippen LogP) is 5.24. The van der Waals surface area contributed by atoms with Crippen molar-refractivity contribution < 1.29 is 4.39 Å². The number of rotatable bonds is 7. The summed E-state index contributed by atoms with van der Waals surface area (Å²) in [4.78, 5) is 13.6. The predicted molar refractivity (Wildman–Crippen MR) is 106 cm³/mol. The van der Waals surface area contributed by atoms with Gasteiger partial charge in [0.05, 0.1) is 5.39 Å². The van der Waals surface area contributed by atoms with E-state index in [4.69, 9.17) is 0 Å². The van der Waals surface area contributed by atoms with Crippen molar-refractivity contribution in [3.63, 3.8) is 0 Å². The summed E-state index contributed by atoms with van der Waals surface area (Å²) in [6, 6.07) is 6.69. The van der Waals surface area contributed by atoms with Gasteiger partial charge in [0.2, 0.25) is 0 Å². The SMILES string of the molecule is CCN(CC)CCSc1ncnc2sc(C)c(-c3ccc(F)cc3)c12. The number of aromatic nitrogens is 2. The van der Waals surface area contributed by atoms with Crippen LogP contribution in [0.25, 0.3) is 21.3 Å². The van der Waals surface area contributed by atoms with Gasteiger partial charge < -0.3 is 4.90 Å². The number of thioether (sulfide) groups is 1. The minimum absolute atomic E-state index is 0.217. The zero-order valence-electron chi connectivity index (χ0n) is 14.8. The lowest BCUT2D eigenvalue weighted by molar-refractivity contribution is 0.324. The van der Waals surface area contributed by atoms with Crippen molar-refractivity contribution in [2.75, 3.05) is 25.4 Å². The minimum atomic E-state index is -0.217. The Morgan fingerprint density at radius 1 is 1.12 bits per heavy atom. The van der Waals surface area contributed by atoms with Crippen LogP contribution in [-0.2, 0) is 0 Å². The van der Waals surface area contributed by atoms with Crippen molar-refractivity contribution >= 4 is 33.3 Å². The fourth-order valence-corrected chi connectivity index (χ4v) is 4.99. The molecule has 0 bridgehead atoms. The summed E-state index contributed by atoms with van der Waals surface area (Å²) in [6.45, 7) is 9.63. The molecule has 0 radical (unpaired) electrons. The Hall–Kier alpha value is -1.50. The van der Waals surface area contributed by atoms with E-state index in [2.05, 4.69) is 35.6 Å². The van der Waals surface area contributed by atoms with Gasteiger partial charge in [-0.2, -0.15) is 0 Å². The van der Waals surface area contributed by atoms with Crippen molar-refractivity contribution in [2.45, 2.75) is 25.8 Å². The molecular weight excluding hydrogens is 353 g/mol. The third kappa shape index (κ3) is 4.02. The van der Waals surface area contributed by atoms with E-state index in [1.807, 2.05) is 12.1 Å². The highest BCUT2D eigenvalue weighted by atomic mass is 32.2. The number of thiophene rings is 1. The largest absolute Gasteiger partial charge is 0.303 e. The van der Waals surface area contributed by atoms with E-state index >= 15 is 0 Å². The van der Waals surface area contributed by atoms with Crippen LogP contribution in [0.4, 0.5) is 4.39 Å². The lowest BCUT2D eigenvalue weighted by Crippen LogP contribution is -2.25. The third-order valence-electron chi connectivity index (χ3n) is 4.30. The fourth-order valence-electron chi connectivity index (χ4n) is 2.90. The maximum Gasteiger partial charge on any atom is 0.128 e. The molecule has 0 unspecified atom stereocenters. The molecule has 0 saturated heterocycles. The van der Waals surface area contributed by atoms with Crippen molar-refractivity contribution in [3.8, 4) is 11.1 Å². The minimum Gasteiger partial charge on any atom is -0.303 e. The number of halogens is 1. The molecule has 25 heavy (non-hydrogen) atoms. The summed E-state index contributed by atoms with van der Waals surface area (Å²) in [5, 5.41) is 2.11. The summed E-state index contributed by atoms with van der Waals surface area (Å²) >= 11 is 3.45. The molecule has 0 atom stereocenters. The van der Waals surface area contributed by atoms with Crippen molar-refractivity contribution in [3.05, 3.63) is 41.3 Å². The monoisotopic (exact) mass is 375 g/mol. The number of nitrogens with zero attached hydrogens (tertiary/aromatic N) is 3. The maximum atomic E-state index is 13.3. The molecule has 3 rings (SSSR count). The van der Waals surface area contributed by atoms with E-state index in [9.17, 15) is 4.39 Å². The first-order chi connectivity index (χ1) is 12.1. The van der Waals surface area contributed by atoms with Crippen LogP contribution in [0.2, 0.25) is 0 Å². The topological polar surface area (TPSA) is 29.0 Å². The number of aryl methyl sites for hydroxylation is 1. The average Bonchev–Trinajstić information content (AvgIpc) is 2.96. The van der Waals surface area contributed by atoms with Crippen molar-refractivity contribution in [2.24, 2.45) is 0 Å². The van der Waals surface area contributed by atoms with Crippen LogP contribution in [0.3, 0.4) is 0 Å². The Labute approximate surface area is 156 Å². The zero-order chi connectivity index (χ0) is 17.8. The molecule has 0 amide bonds. The van der Waals surface area contributed by atoms with E-state index in [0.717, 1.165) is 51.8 Å². The Balaban J connectivity index is 1.95. The van der Waals surface area contributed by atoms with Crippen LogP contribution in [0.15, 0.2) is 35.6 Å². The van der Waals surface area contributed by atoms with Gasteiger partial charge in [-0.15, -0.1) is 23.1 Å². The molecule has 2 aromatic heterocycles. The Morgan fingerprint density at radius 2 is 1.84 bits per heavy atom. The van der Waals surface area contributed by atoms with Crippen LogP contribution in [0.5, 0.6) is 0 Å². The van der Waals surface area contributed by atoms with Crippen molar-refractivity contribution in [1.82, 2.24) is 14.9 Å². The number of benzene rings is 1. The van der Waals surface area contributed by atoms with Crippen LogP contribution in [-0.4, -0.2) is 40.3 Å². The highest BCUT2D eigenvalue weighted by Gasteiger charge is 2.17. The molecule has 0 fully saturated rings. The Kier molecular flexibility index (Phi) is 6.04. The van der Waals surface area contributed by atoms with Crippen LogP contribution in [0, 0.1) is 12.7 Å². The lowest BCUT2D eigenvalue weighted by atomic mass is 10.0. The van der Waals surface area contributed by atoms with Gasteiger partial charge in [-0.3, -0.25) is 0 Å². The quantitative estimate of drug-likeness (QED) is 0.417. The van der Waals surface area contributed by atoms with E-state index in [1.54, 1.807) is 29.4 Å². The first kappa shape index (κ1) is 18.3. The van der Waals surface area contributed by atoms with Gasteiger partial charge in [0.1, 0.15) is 22.0 Å². The number of fused-ring (bicyclic) bond motifs is 1. The molecule has 6 heteroatoms. The standard InChI is InChI=1S/C19H22FN3S2/c1-4-23(5-2)10-11-24-18-17-16(14-6-8-15(20)9-7-14)13(3)25-19(17)22-12-21-18/h6-9,12H,4-5,10-11H2,1-3H3. The van der Waals surface area contributed by atoms with Gasteiger partial charge >= 0.3 is 0 Å². The second kappa shape index (κ2) is 8.25.